The van der Waals surface area contributed by atoms with Gasteiger partial charge in [-0.2, -0.15) is 4.39 Å². The number of aromatic nitrogens is 1. The molecule has 0 amide bonds. The Morgan fingerprint density at radius 1 is 1.48 bits per heavy atom. The maximum Gasteiger partial charge on any atom is 0.305 e. The van der Waals surface area contributed by atoms with Crippen LogP contribution in [0.4, 0.5) is 10.1 Å². The summed E-state index contributed by atoms with van der Waals surface area (Å²) in [6.45, 7) is 0. The van der Waals surface area contributed by atoms with Crippen molar-refractivity contribution in [2.24, 2.45) is 10.9 Å². The molecule has 9 heteroatoms. The van der Waals surface area contributed by atoms with Crippen LogP contribution in [0.3, 0.4) is 0 Å². The van der Waals surface area contributed by atoms with Gasteiger partial charge in [0.2, 0.25) is 5.82 Å². The highest BCUT2D eigenvalue weighted by Gasteiger charge is 2.16. The van der Waals surface area contributed by atoms with Gasteiger partial charge in [-0.25, -0.2) is 4.98 Å². The Kier molecular flexibility index (Phi) is 3.93. The van der Waals surface area contributed by atoms with Crippen molar-refractivity contribution in [3.05, 3.63) is 58.2 Å². The van der Waals surface area contributed by atoms with Crippen LogP contribution in [0.2, 0.25) is 0 Å². The van der Waals surface area contributed by atoms with Gasteiger partial charge in [0.25, 0.3) is 0 Å². The van der Waals surface area contributed by atoms with E-state index in [2.05, 4.69) is 10.1 Å². The number of amidine groups is 1. The zero-order chi connectivity index (χ0) is 15.4. The lowest BCUT2D eigenvalue weighted by atomic mass is 10.2. The molecule has 0 unspecified atom stereocenters. The molecule has 0 atom stereocenters. The number of benzene rings is 1. The minimum atomic E-state index is -1.04. The van der Waals surface area contributed by atoms with Crippen LogP contribution in [0.15, 0.2) is 41.7 Å². The second-order valence-electron chi connectivity index (χ2n) is 3.81. The van der Waals surface area contributed by atoms with Crippen molar-refractivity contribution in [2.75, 3.05) is 0 Å². The minimum Gasteiger partial charge on any atom is -0.455 e. The average Bonchev–Trinajstić information content (AvgIpc) is 2.46. The summed E-state index contributed by atoms with van der Waals surface area (Å²) in [5.74, 6) is -1.20. The van der Waals surface area contributed by atoms with Gasteiger partial charge in [0.15, 0.2) is 17.3 Å². The van der Waals surface area contributed by atoms with Gasteiger partial charge >= 0.3 is 5.69 Å². The standard InChI is InChI=1S/C12H9FN4O4/c13-8-6-7(3-4-9(8)17(19)20)21-10-2-1-5-15-11(10)12(14)16-18/h1-6,18H,(H2,14,16). The predicted molar refractivity (Wildman–Crippen MR) is 69.9 cm³/mol. The SMILES string of the molecule is N/C(=N/O)c1ncccc1Oc1ccc([N+](=O)[O-])c(F)c1. The molecule has 2 rings (SSSR count). The molecule has 0 saturated carbocycles. The Bertz CT molecular complexity index is 720. The number of rotatable bonds is 4. The first-order valence-corrected chi connectivity index (χ1v) is 5.57. The molecule has 1 aromatic carbocycles. The van der Waals surface area contributed by atoms with E-state index in [9.17, 15) is 14.5 Å². The zero-order valence-electron chi connectivity index (χ0n) is 10.4. The fourth-order valence-corrected chi connectivity index (χ4v) is 1.54. The number of hydrogen-bond acceptors (Lipinski definition) is 6. The number of oxime groups is 1. The van der Waals surface area contributed by atoms with Crippen LogP contribution >= 0.6 is 0 Å². The smallest absolute Gasteiger partial charge is 0.305 e. The van der Waals surface area contributed by atoms with Gasteiger partial charge in [0, 0.05) is 18.3 Å². The van der Waals surface area contributed by atoms with Crippen LogP contribution in [0.1, 0.15) is 5.69 Å². The maximum atomic E-state index is 13.5. The molecule has 0 saturated heterocycles. The molecule has 1 aromatic heterocycles. The molecule has 2 aromatic rings. The van der Waals surface area contributed by atoms with Crippen molar-refractivity contribution in [1.29, 1.82) is 0 Å². The van der Waals surface area contributed by atoms with E-state index in [0.29, 0.717) is 0 Å². The van der Waals surface area contributed by atoms with E-state index in [1.54, 1.807) is 0 Å². The van der Waals surface area contributed by atoms with Crippen molar-refractivity contribution in [1.82, 2.24) is 4.98 Å². The van der Waals surface area contributed by atoms with Crippen molar-refractivity contribution in [3.63, 3.8) is 0 Å². The summed E-state index contributed by atoms with van der Waals surface area (Å²) in [6, 6.07) is 6.07. The van der Waals surface area contributed by atoms with E-state index in [-0.39, 0.29) is 23.0 Å². The fraction of sp³-hybridized carbons (Fsp3) is 0. The molecule has 3 N–H and O–H groups in total. The molecule has 8 nitrogen and oxygen atoms in total. The second kappa shape index (κ2) is 5.82. The number of nitrogens with two attached hydrogens (primary N) is 1. The lowest BCUT2D eigenvalue weighted by Gasteiger charge is -2.09. The summed E-state index contributed by atoms with van der Waals surface area (Å²) < 4.78 is 18.9. The van der Waals surface area contributed by atoms with E-state index in [4.69, 9.17) is 15.7 Å². The third-order valence-corrected chi connectivity index (χ3v) is 2.46. The van der Waals surface area contributed by atoms with Crippen LogP contribution < -0.4 is 10.5 Å². The predicted octanol–water partition coefficient (Wildman–Crippen LogP) is 2.02. The molecule has 1 heterocycles. The van der Waals surface area contributed by atoms with Gasteiger partial charge in [0.05, 0.1) is 4.92 Å². The first-order chi connectivity index (χ1) is 10.0. The van der Waals surface area contributed by atoms with Gasteiger partial charge in [-0.3, -0.25) is 10.1 Å². The maximum absolute atomic E-state index is 13.5. The van der Waals surface area contributed by atoms with Crippen LogP contribution in [0.25, 0.3) is 0 Å². The van der Waals surface area contributed by atoms with Crippen LogP contribution in [-0.2, 0) is 0 Å². The Balaban J connectivity index is 2.35. The lowest BCUT2D eigenvalue weighted by molar-refractivity contribution is -0.387. The zero-order valence-corrected chi connectivity index (χ0v) is 10.4. The van der Waals surface area contributed by atoms with Crippen LogP contribution in [0.5, 0.6) is 11.5 Å². The molecule has 0 aliphatic carbocycles. The highest BCUT2D eigenvalue weighted by atomic mass is 19.1. The molecule has 0 fully saturated rings. The summed E-state index contributed by atoms with van der Waals surface area (Å²) in [5, 5.41) is 22.0. The van der Waals surface area contributed by atoms with E-state index in [0.717, 1.165) is 12.1 Å². The first-order valence-electron chi connectivity index (χ1n) is 5.57. The first kappa shape index (κ1) is 14.2. The topological polar surface area (TPSA) is 124 Å². The van der Waals surface area contributed by atoms with Crippen LogP contribution in [-0.4, -0.2) is 21.0 Å². The Morgan fingerprint density at radius 3 is 2.86 bits per heavy atom. The summed E-state index contributed by atoms with van der Waals surface area (Å²) in [4.78, 5) is 13.6. The average molecular weight is 292 g/mol. The summed E-state index contributed by atoms with van der Waals surface area (Å²) in [7, 11) is 0. The molecule has 0 aliphatic heterocycles. The number of hydrogen-bond donors (Lipinski definition) is 2. The van der Waals surface area contributed by atoms with E-state index < -0.39 is 16.4 Å². The summed E-state index contributed by atoms with van der Waals surface area (Å²) in [5.41, 5.74) is 4.83. The van der Waals surface area contributed by atoms with Crippen molar-refractivity contribution in [3.8, 4) is 11.5 Å². The second-order valence-corrected chi connectivity index (χ2v) is 3.81. The number of halogens is 1. The quantitative estimate of drug-likeness (QED) is 0.292. The number of nitrogens with zero attached hydrogens (tertiary/aromatic N) is 3. The summed E-state index contributed by atoms with van der Waals surface area (Å²) in [6.07, 6.45) is 1.40. The normalized spacial score (nSPS) is 11.2. The third kappa shape index (κ3) is 3.03. The Hall–Kier alpha value is -3.23. The molecule has 0 radical (unpaired) electrons. The van der Waals surface area contributed by atoms with Gasteiger partial charge in [0.1, 0.15) is 5.75 Å². The van der Waals surface area contributed by atoms with Crippen LogP contribution in [0, 0.1) is 15.9 Å². The van der Waals surface area contributed by atoms with E-state index in [1.165, 1.54) is 24.4 Å². The fourth-order valence-electron chi connectivity index (χ4n) is 1.54. The number of nitro groups is 1. The highest BCUT2D eigenvalue weighted by molar-refractivity contribution is 5.97. The van der Waals surface area contributed by atoms with Gasteiger partial charge in [-0.15, -0.1) is 0 Å². The van der Waals surface area contributed by atoms with Gasteiger partial charge in [-0.1, -0.05) is 5.16 Å². The minimum absolute atomic E-state index is 0.0121. The van der Waals surface area contributed by atoms with Crippen molar-refractivity contribution >= 4 is 11.5 Å². The van der Waals surface area contributed by atoms with Gasteiger partial charge < -0.3 is 15.7 Å². The molecule has 21 heavy (non-hydrogen) atoms. The Labute approximate surface area is 117 Å². The number of pyridine rings is 1. The molecular weight excluding hydrogens is 283 g/mol. The monoisotopic (exact) mass is 292 g/mol. The molecule has 0 spiro atoms. The summed E-state index contributed by atoms with van der Waals surface area (Å²) >= 11 is 0. The number of nitro benzene ring substituents is 1. The van der Waals surface area contributed by atoms with E-state index >= 15 is 0 Å². The Morgan fingerprint density at radius 2 is 2.24 bits per heavy atom. The molecule has 108 valence electrons. The molecular formula is C12H9FN4O4. The lowest BCUT2D eigenvalue weighted by Crippen LogP contribution is -2.15. The third-order valence-electron chi connectivity index (χ3n) is 2.46. The number of ether oxygens (including phenoxy) is 1. The largest absolute Gasteiger partial charge is 0.455 e. The molecule has 0 bridgehead atoms. The molecule has 0 aliphatic rings. The van der Waals surface area contributed by atoms with E-state index in [1.807, 2.05) is 0 Å². The van der Waals surface area contributed by atoms with Crippen molar-refractivity contribution < 1.29 is 19.3 Å². The van der Waals surface area contributed by atoms with Crippen molar-refractivity contribution in [2.45, 2.75) is 0 Å². The highest BCUT2D eigenvalue weighted by Crippen LogP contribution is 2.27. The van der Waals surface area contributed by atoms with Gasteiger partial charge in [-0.05, 0) is 18.2 Å².